The van der Waals surface area contributed by atoms with Crippen LogP contribution in [0.25, 0.3) is 0 Å². The maximum Gasteiger partial charge on any atom is 0.340 e. The van der Waals surface area contributed by atoms with E-state index in [1.807, 2.05) is 0 Å². The van der Waals surface area contributed by atoms with Gasteiger partial charge in [-0.25, -0.2) is 14.4 Å². The van der Waals surface area contributed by atoms with Crippen molar-refractivity contribution >= 4 is 17.9 Å². The molecule has 4 heterocycles. The van der Waals surface area contributed by atoms with Crippen molar-refractivity contribution in [3.05, 3.63) is 90.3 Å². The van der Waals surface area contributed by atoms with Crippen molar-refractivity contribution < 1.29 is 43.2 Å². The topological polar surface area (TPSA) is 156 Å². The number of carbonyl (C=O) groups excluding carboxylic acids is 3. The zero-order chi connectivity index (χ0) is 26.9. The Morgan fingerprint density at radius 2 is 1.42 bits per heavy atom. The van der Waals surface area contributed by atoms with Gasteiger partial charge in [0.2, 0.25) is 0 Å². The first-order chi connectivity index (χ1) is 18.5. The highest BCUT2D eigenvalue weighted by atomic mass is 16.7. The molecule has 38 heavy (non-hydrogen) atoms. The summed E-state index contributed by atoms with van der Waals surface area (Å²) < 4.78 is 27.9. The summed E-state index contributed by atoms with van der Waals surface area (Å²) in [6.45, 7) is 1.36. The van der Waals surface area contributed by atoms with Crippen LogP contribution in [-0.4, -0.2) is 81.9 Å². The molecule has 4 rings (SSSR count). The highest BCUT2D eigenvalue weighted by Crippen LogP contribution is 2.30. The van der Waals surface area contributed by atoms with E-state index in [1.54, 1.807) is 25.1 Å². The molecule has 0 aliphatic carbocycles. The van der Waals surface area contributed by atoms with E-state index < -0.39 is 55.2 Å². The Morgan fingerprint density at radius 3 is 1.95 bits per heavy atom. The molecule has 0 bridgehead atoms. The van der Waals surface area contributed by atoms with Crippen LogP contribution < -0.4 is 0 Å². The van der Waals surface area contributed by atoms with Gasteiger partial charge >= 0.3 is 17.9 Å². The molecule has 12 heteroatoms. The van der Waals surface area contributed by atoms with E-state index in [2.05, 4.69) is 15.0 Å². The molecule has 0 aromatic carbocycles. The number of ether oxygens (including phenoxy) is 5. The third-order valence-electron chi connectivity index (χ3n) is 5.52. The molecule has 0 saturated carbocycles. The van der Waals surface area contributed by atoms with E-state index in [0.717, 1.165) is 0 Å². The summed E-state index contributed by atoms with van der Waals surface area (Å²) in [7, 11) is 0. The molecule has 0 spiro atoms. The van der Waals surface area contributed by atoms with Gasteiger partial charge in [0.05, 0.1) is 16.7 Å². The van der Waals surface area contributed by atoms with Gasteiger partial charge in [0, 0.05) is 43.8 Å². The van der Waals surface area contributed by atoms with Gasteiger partial charge in [-0.1, -0.05) is 0 Å². The van der Waals surface area contributed by atoms with Crippen LogP contribution in [0.5, 0.6) is 0 Å². The van der Waals surface area contributed by atoms with Gasteiger partial charge in [0.15, 0.2) is 18.5 Å². The standard InChI is InChI=1S/C26H25N3O9/c1-2-34-22-21(38-25(32)18-8-5-11-29-14-18)20(37-26(22)33)19(36-24(31)17-7-4-10-28-13-17)15-35-23(30)16-6-3-9-27-12-16/h3-14,19-22,26,33H,2,15H2,1H3/t19-,20-,21+,22-,26?/m1/s1. The zero-order valence-corrected chi connectivity index (χ0v) is 20.3. The number of hydrogen-bond acceptors (Lipinski definition) is 12. The van der Waals surface area contributed by atoms with Gasteiger partial charge in [0.25, 0.3) is 0 Å². The van der Waals surface area contributed by atoms with Crippen molar-refractivity contribution in [2.75, 3.05) is 13.2 Å². The number of carbonyl (C=O) groups is 3. The Hall–Kier alpha value is -4.26. The first-order valence-electron chi connectivity index (χ1n) is 11.7. The fourth-order valence-electron chi connectivity index (χ4n) is 3.75. The SMILES string of the molecule is CCO[C@H]1C(O)O[C@H]([C@@H](COC(=O)c2cccnc2)OC(=O)c2cccnc2)[C@@H]1OC(=O)c1cccnc1. The van der Waals surface area contributed by atoms with Crippen LogP contribution in [0.15, 0.2) is 73.6 Å². The molecule has 3 aromatic rings. The molecule has 198 valence electrons. The van der Waals surface area contributed by atoms with Crippen LogP contribution >= 0.6 is 0 Å². The number of esters is 3. The summed E-state index contributed by atoms with van der Waals surface area (Å²) >= 11 is 0. The number of rotatable bonds is 10. The van der Waals surface area contributed by atoms with Crippen LogP contribution in [0.2, 0.25) is 0 Å². The summed E-state index contributed by atoms with van der Waals surface area (Å²) in [6.07, 6.45) is 1.97. The van der Waals surface area contributed by atoms with Crippen LogP contribution in [0.4, 0.5) is 0 Å². The van der Waals surface area contributed by atoms with Crippen LogP contribution in [0.3, 0.4) is 0 Å². The van der Waals surface area contributed by atoms with E-state index in [0.29, 0.717) is 0 Å². The van der Waals surface area contributed by atoms with E-state index in [4.69, 9.17) is 23.7 Å². The molecule has 0 amide bonds. The van der Waals surface area contributed by atoms with Crippen molar-refractivity contribution in [2.24, 2.45) is 0 Å². The summed E-state index contributed by atoms with van der Waals surface area (Å²) in [5.41, 5.74) is 0.443. The molecule has 3 aromatic heterocycles. The number of hydrogen-bond donors (Lipinski definition) is 1. The summed E-state index contributed by atoms with van der Waals surface area (Å²) in [5.74, 6) is -2.29. The Morgan fingerprint density at radius 1 is 0.868 bits per heavy atom. The van der Waals surface area contributed by atoms with Crippen LogP contribution in [-0.2, 0) is 23.7 Å². The first-order valence-corrected chi connectivity index (χ1v) is 11.7. The van der Waals surface area contributed by atoms with Gasteiger partial charge < -0.3 is 28.8 Å². The molecule has 1 N–H and O–H groups in total. The molecule has 1 aliphatic rings. The van der Waals surface area contributed by atoms with E-state index >= 15 is 0 Å². The number of aliphatic hydroxyl groups excluding tert-OH is 1. The van der Waals surface area contributed by atoms with Crippen molar-refractivity contribution in [1.29, 1.82) is 0 Å². The van der Waals surface area contributed by atoms with Crippen molar-refractivity contribution in [2.45, 2.75) is 37.6 Å². The number of pyridine rings is 3. The minimum absolute atomic E-state index is 0.125. The predicted molar refractivity (Wildman–Crippen MR) is 128 cm³/mol. The smallest absolute Gasteiger partial charge is 0.340 e. The third kappa shape index (κ3) is 6.54. The summed E-state index contributed by atoms with van der Waals surface area (Å²) in [5, 5.41) is 10.6. The van der Waals surface area contributed by atoms with Crippen LogP contribution in [0, 0.1) is 0 Å². The fraction of sp³-hybridized carbons (Fsp3) is 0.308. The maximum atomic E-state index is 12.9. The molecule has 0 radical (unpaired) electrons. The molecule has 1 aliphatic heterocycles. The predicted octanol–water partition coefficient (Wildman–Crippen LogP) is 1.60. The molecule has 1 unspecified atom stereocenters. The van der Waals surface area contributed by atoms with Crippen LogP contribution in [0.1, 0.15) is 38.0 Å². The van der Waals surface area contributed by atoms with Crippen molar-refractivity contribution in [3.8, 4) is 0 Å². The second kappa shape index (κ2) is 12.8. The third-order valence-corrected chi connectivity index (χ3v) is 5.52. The lowest BCUT2D eigenvalue weighted by Gasteiger charge is -2.28. The molecule has 5 atom stereocenters. The zero-order valence-electron chi connectivity index (χ0n) is 20.3. The summed E-state index contributed by atoms with van der Waals surface area (Å²) in [6, 6.07) is 9.17. The van der Waals surface area contributed by atoms with E-state index in [-0.39, 0.29) is 23.3 Å². The maximum absolute atomic E-state index is 12.9. The van der Waals surface area contributed by atoms with Gasteiger partial charge in [-0.3, -0.25) is 15.0 Å². The van der Waals surface area contributed by atoms with Gasteiger partial charge in [0.1, 0.15) is 18.8 Å². The second-order valence-electron chi connectivity index (χ2n) is 8.05. The lowest BCUT2D eigenvalue weighted by molar-refractivity contribution is -0.159. The quantitative estimate of drug-likeness (QED) is 0.303. The minimum Gasteiger partial charge on any atom is -0.458 e. The lowest BCUT2D eigenvalue weighted by atomic mass is 10.1. The highest BCUT2D eigenvalue weighted by Gasteiger charge is 2.52. The molecular weight excluding hydrogens is 498 g/mol. The normalized spacial score (nSPS) is 21.3. The number of nitrogens with zero attached hydrogens (tertiary/aromatic N) is 3. The van der Waals surface area contributed by atoms with Gasteiger partial charge in [-0.05, 0) is 43.3 Å². The Kier molecular flexibility index (Phi) is 9.03. The first kappa shape index (κ1) is 26.8. The molecule has 1 saturated heterocycles. The largest absolute Gasteiger partial charge is 0.458 e. The molecule has 1 fully saturated rings. The second-order valence-corrected chi connectivity index (χ2v) is 8.05. The Balaban J connectivity index is 1.60. The molecule has 12 nitrogen and oxygen atoms in total. The number of aliphatic hydroxyl groups is 1. The average Bonchev–Trinajstić information content (AvgIpc) is 3.26. The minimum atomic E-state index is -1.53. The van der Waals surface area contributed by atoms with Crippen molar-refractivity contribution in [1.82, 2.24) is 15.0 Å². The van der Waals surface area contributed by atoms with Gasteiger partial charge in [-0.2, -0.15) is 0 Å². The average molecular weight is 523 g/mol. The van der Waals surface area contributed by atoms with Crippen molar-refractivity contribution in [3.63, 3.8) is 0 Å². The monoisotopic (exact) mass is 523 g/mol. The molecular formula is C26H25N3O9. The fourth-order valence-corrected chi connectivity index (χ4v) is 3.75. The van der Waals surface area contributed by atoms with Gasteiger partial charge in [-0.15, -0.1) is 0 Å². The highest BCUT2D eigenvalue weighted by molar-refractivity contribution is 5.90. The summed E-state index contributed by atoms with van der Waals surface area (Å²) in [4.78, 5) is 50.0. The Labute approximate surface area is 217 Å². The van der Waals surface area contributed by atoms with E-state index in [1.165, 1.54) is 55.4 Å². The van der Waals surface area contributed by atoms with E-state index in [9.17, 15) is 19.5 Å². The Bertz CT molecular complexity index is 1210. The number of aromatic nitrogens is 3. The lowest BCUT2D eigenvalue weighted by Crippen LogP contribution is -2.47.